The maximum Gasteiger partial charge on any atom is 0.257 e. The molecule has 4 aromatic rings. The highest BCUT2D eigenvalue weighted by Crippen LogP contribution is 2.27. The number of thiazole rings is 1. The molecular weight excluding hydrogens is 410 g/mol. The normalized spacial score (nSPS) is 14.7. The Hall–Kier alpha value is -3.43. The number of aromatic nitrogens is 4. The van der Waals surface area contributed by atoms with E-state index in [1.54, 1.807) is 29.1 Å². The van der Waals surface area contributed by atoms with Crippen LogP contribution in [0.5, 0.6) is 0 Å². The summed E-state index contributed by atoms with van der Waals surface area (Å²) in [5.74, 6) is 1.00. The first-order valence-electron chi connectivity index (χ1n) is 10.0. The molecule has 1 fully saturated rings. The summed E-state index contributed by atoms with van der Waals surface area (Å²) in [6, 6.07) is 11.3. The van der Waals surface area contributed by atoms with Gasteiger partial charge >= 0.3 is 0 Å². The van der Waals surface area contributed by atoms with E-state index in [0.717, 1.165) is 53.3 Å². The maximum atomic E-state index is 12.9. The minimum absolute atomic E-state index is 0.231. The molecule has 1 aliphatic rings. The van der Waals surface area contributed by atoms with Crippen LogP contribution in [-0.4, -0.2) is 64.2 Å². The zero-order valence-corrected chi connectivity index (χ0v) is 17.8. The van der Waals surface area contributed by atoms with E-state index in [-0.39, 0.29) is 5.91 Å². The van der Waals surface area contributed by atoms with Gasteiger partial charge in [0, 0.05) is 49.5 Å². The number of likely N-dealkylation sites (N-methyl/N-ethyl adjacent to an activating group) is 1. The Bertz CT molecular complexity index is 1220. The maximum absolute atomic E-state index is 12.9. The molecule has 0 bridgehead atoms. The summed E-state index contributed by atoms with van der Waals surface area (Å²) in [6.45, 7) is 3.75. The zero-order valence-electron chi connectivity index (χ0n) is 17.0. The standard InChI is InChI=1S/C22H21N7OS/c1-28-6-8-29(9-7-28)21-12-16(4-5-24-21)22(30)25-20-11-17-10-15(19-13-23-14-31-19)2-3-18(17)26-27-20/h2-5,10-14H,6-9H2,1H3,(H,25,27,30). The van der Waals surface area contributed by atoms with Gasteiger partial charge in [-0.1, -0.05) is 6.07 Å². The number of nitrogens with one attached hydrogen (secondary N) is 1. The molecule has 1 aromatic carbocycles. The molecule has 0 atom stereocenters. The minimum Gasteiger partial charge on any atom is -0.354 e. The number of piperazine rings is 1. The number of hydrogen-bond acceptors (Lipinski definition) is 8. The van der Waals surface area contributed by atoms with Crippen LogP contribution < -0.4 is 10.2 Å². The van der Waals surface area contributed by atoms with Gasteiger partial charge in [-0.3, -0.25) is 9.78 Å². The molecule has 9 heteroatoms. The largest absolute Gasteiger partial charge is 0.354 e. The van der Waals surface area contributed by atoms with E-state index < -0.39 is 0 Å². The number of carbonyl (C=O) groups excluding carboxylic acids is 1. The molecule has 4 heterocycles. The summed E-state index contributed by atoms with van der Waals surface area (Å²) in [5, 5.41) is 12.2. The summed E-state index contributed by atoms with van der Waals surface area (Å²) in [4.78, 5) is 27.0. The van der Waals surface area contributed by atoms with Gasteiger partial charge in [0.2, 0.25) is 0 Å². The highest BCUT2D eigenvalue weighted by molar-refractivity contribution is 7.13. The summed E-state index contributed by atoms with van der Waals surface area (Å²) in [6.07, 6.45) is 3.51. The number of pyridine rings is 1. The van der Waals surface area contributed by atoms with Crippen molar-refractivity contribution in [3.8, 4) is 10.4 Å². The van der Waals surface area contributed by atoms with Gasteiger partial charge in [-0.25, -0.2) is 4.98 Å². The number of fused-ring (bicyclic) bond motifs is 1. The first-order valence-corrected chi connectivity index (χ1v) is 10.9. The number of hydrogen-bond donors (Lipinski definition) is 1. The second kappa shape index (κ2) is 8.37. The van der Waals surface area contributed by atoms with E-state index in [1.807, 2.05) is 36.5 Å². The highest BCUT2D eigenvalue weighted by atomic mass is 32.1. The highest BCUT2D eigenvalue weighted by Gasteiger charge is 2.17. The molecule has 8 nitrogen and oxygen atoms in total. The monoisotopic (exact) mass is 431 g/mol. The van der Waals surface area contributed by atoms with Gasteiger partial charge in [0.05, 0.1) is 15.9 Å². The second-order valence-corrected chi connectivity index (χ2v) is 8.40. The van der Waals surface area contributed by atoms with Gasteiger partial charge in [-0.15, -0.1) is 21.5 Å². The molecule has 0 saturated carbocycles. The summed E-state index contributed by atoms with van der Waals surface area (Å²) in [5.41, 5.74) is 4.18. The number of amides is 1. The number of benzene rings is 1. The van der Waals surface area contributed by atoms with Crippen LogP contribution in [0.2, 0.25) is 0 Å². The first-order chi connectivity index (χ1) is 15.2. The predicted molar refractivity (Wildman–Crippen MR) is 123 cm³/mol. The fraction of sp³-hybridized carbons (Fsp3) is 0.227. The number of carbonyl (C=O) groups is 1. The van der Waals surface area contributed by atoms with Crippen LogP contribution >= 0.6 is 11.3 Å². The first kappa shape index (κ1) is 19.5. The second-order valence-electron chi connectivity index (χ2n) is 7.52. The fourth-order valence-electron chi connectivity index (χ4n) is 3.57. The lowest BCUT2D eigenvalue weighted by Crippen LogP contribution is -2.44. The topological polar surface area (TPSA) is 87.1 Å². The molecular formula is C22H21N7OS. The Balaban J connectivity index is 1.35. The van der Waals surface area contributed by atoms with Crippen molar-refractivity contribution < 1.29 is 4.79 Å². The lowest BCUT2D eigenvalue weighted by Gasteiger charge is -2.33. The van der Waals surface area contributed by atoms with Crippen LogP contribution in [0.1, 0.15) is 10.4 Å². The average Bonchev–Trinajstić information content (AvgIpc) is 3.34. The Morgan fingerprint density at radius 2 is 1.94 bits per heavy atom. The molecule has 156 valence electrons. The summed E-state index contributed by atoms with van der Waals surface area (Å²) in [7, 11) is 2.11. The molecule has 1 amide bonds. The van der Waals surface area contributed by atoms with Crippen molar-refractivity contribution in [2.24, 2.45) is 0 Å². The third-order valence-corrected chi connectivity index (χ3v) is 6.20. The van der Waals surface area contributed by atoms with Crippen LogP contribution in [0.4, 0.5) is 11.6 Å². The van der Waals surface area contributed by atoms with Crippen LogP contribution in [0, 0.1) is 0 Å². The van der Waals surface area contributed by atoms with Crippen LogP contribution in [0.15, 0.2) is 54.3 Å². The van der Waals surface area contributed by atoms with Crippen molar-refractivity contribution in [1.29, 1.82) is 0 Å². The number of rotatable bonds is 4. The van der Waals surface area contributed by atoms with E-state index in [2.05, 4.69) is 42.3 Å². The van der Waals surface area contributed by atoms with E-state index in [4.69, 9.17) is 0 Å². The Morgan fingerprint density at radius 1 is 1.06 bits per heavy atom. The van der Waals surface area contributed by atoms with E-state index in [1.165, 1.54) is 0 Å². The third kappa shape index (κ3) is 4.23. The van der Waals surface area contributed by atoms with Crippen molar-refractivity contribution in [2.75, 3.05) is 43.4 Å². The quantitative estimate of drug-likeness (QED) is 0.531. The summed E-state index contributed by atoms with van der Waals surface area (Å²) < 4.78 is 0. The molecule has 0 radical (unpaired) electrons. The lowest BCUT2D eigenvalue weighted by atomic mass is 10.1. The van der Waals surface area contributed by atoms with Crippen molar-refractivity contribution in [1.82, 2.24) is 25.1 Å². The molecule has 5 rings (SSSR count). The van der Waals surface area contributed by atoms with Crippen molar-refractivity contribution >= 4 is 39.8 Å². The van der Waals surface area contributed by atoms with Crippen molar-refractivity contribution in [2.45, 2.75) is 0 Å². The van der Waals surface area contributed by atoms with Gasteiger partial charge in [-0.2, -0.15) is 0 Å². The molecule has 0 aliphatic carbocycles. The van der Waals surface area contributed by atoms with E-state index in [9.17, 15) is 4.79 Å². The Labute approximate surface area is 183 Å². The molecule has 0 spiro atoms. The van der Waals surface area contributed by atoms with Gasteiger partial charge in [-0.05, 0) is 42.9 Å². The molecule has 31 heavy (non-hydrogen) atoms. The predicted octanol–water partition coefficient (Wildman–Crippen LogP) is 3.15. The minimum atomic E-state index is -0.231. The van der Waals surface area contributed by atoms with Crippen LogP contribution in [0.3, 0.4) is 0 Å². The SMILES string of the molecule is CN1CCN(c2cc(C(=O)Nc3cc4cc(-c5cncs5)ccc4nn3)ccn2)CC1. The van der Waals surface area contributed by atoms with Gasteiger partial charge in [0.1, 0.15) is 5.82 Å². The third-order valence-electron chi connectivity index (χ3n) is 5.38. The molecule has 1 N–H and O–H groups in total. The number of anilines is 2. The van der Waals surface area contributed by atoms with Crippen molar-refractivity contribution in [3.05, 3.63) is 59.9 Å². The molecule has 1 saturated heterocycles. The molecule has 0 unspecified atom stereocenters. The number of nitrogens with zero attached hydrogens (tertiary/aromatic N) is 6. The van der Waals surface area contributed by atoms with E-state index in [0.29, 0.717) is 11.4 Å². The Kier molecular flexibility index (Phi) is 5.27. The van der Waals surface area contributed by atoms with Gasteiger partial charge < -0.3 is 15.1 Å². The van der Waals surface area contributed by atoms with Crippen LogP contribution in [-0.2, 0) is 0 Å². The van der Waals surface area contributed by atoms with Crippen LogP contribution in [0.25, 0.3) is 21.3 Å². The Morgan fingerprint density at radius 3 is 2.74 bits per heavy atom. The molecule has 1 aliphatic heterocycles. The smallest absolute Gasteiger partial charge is 0.257 e. The molecule has 3 aromatic heterocycles. The summed E-state index contributed by atoms with van der Waals surface area (Å²) >= 11 is 1.58. The van der Waals surface area contributed by atoms with Crippen molar-refractivity contribution in [3.63, 3.8) is 0 Å². The lowest BCUT2D eigenvalue weighted by molar-refractivity contribution is 0.102. The average molecular weight is 432 g/mol. The zero-order chi connectivity index (χ0) is 21.2. The van der Waals surface area contributed by atoms with Gasteiger partial charge in [0.15, 0.2) is 5.82 Å². The fourth-order valence-corrected chi connectivity index (χ4v) is 4.19. The van der Waals surface area contributed by atoms with Gasteiger partial charge in [0.25, 0.3) is 5.91 Å². The van der Waals surface area contributed by atoms with E-state index >= 15 is 0 Å².